The van der Waals surface area contributed by atoms with Crippen LogP contribution in [0.2, 0.25) is 0 Å². The number of hydrogen-bond donors (Lipinski definition) is 1. The van der Waals surface area contributed by atoms with Crippen LogP contribution in [-0.2, 0) is 15.8 Å². The van der Waals surface area contributed by atoms with Gasteiger partial charge in [0.2, 0.25) is 10.0 Å². The number of rotatable bonds is 8. The average molecular weight is 437 g/mol. The molecule has 0 aliphatic carbocycles. The van der Waals surface area contributed by atoms with Gasteiger partial charge in [0.05, 0.1) is 11.4 Å². The molecular formula is C21H25FN2O3S2. The Morgan fingerprint density at radius 2 is 1.93 bits per heavy atom. The van der Waals surface area contributed by atoms with Gasteiger partial charge in [-0.25, -0.2) is 12.8 Å². The molecule has 1 saturated heterocycles. The molecule has 2 aromatic carbocycles. The molecule has 1 heterocycles. The van der Waals surface area contributed by atoms with Crippen LogP contribution >= 0.6 is 11.8 Å². The molecule has 8 heteroatoms. The van der Waals surface area contributed by atoms with E-state index in [1.54, 1.807) is 48.2 Å². The molecule has 0 aromatic heterocycles. The van der Waals surface area contributed by atoms with E-state index in [9.17, 15) is 17.6 Å². The maximum atomic E-state index is 12.9. The molecule has 0 atom stereocenters. The quantitative estimate of drug-likeness (QED) is 0.639. The largest absolute Gasteiger partial charge is 0.352 e. The van der Waals surface area contributed by atoms with E-state index in [-0.39, 0.29) is 17.5 Å². The first kappa shape index (κ1) is 21.6. The number of carbonyl (C=O) groups excluding carboxylic acids is 1. The van der Waals surface area contributed by atoms with E-state index in [1.807, 2.05) is 0 Å². The Morgan fingerprint density at radius 3 is 2.69 bits per heavy atom. The Bertz CT molecular complexity index is 933. The topological polar surface area (TPSA) is 66.5 Å². The molecule has 5 nitrogen and oxygen atoms in total. The van der Waals surface area contributed by atoms with Crippen LogP contribution in [0.4, 0.5) is 10.1 Å². The monoisotopic (exact) mass is 436 g/mol. The van der Waals surface area contributed by atoms with Crippen LogP contribution in [0.15, 0.2) is 48.5 Å². The van der Waals surface area contributed by atoms with Gasteiger partial charge in [-0.05, 0) is 60.9 Å². The van der Waals surface area contributed by atoms with Crippen LogP contribution in [0, 0.1) is 5.82 Å². The van der Waals surface area contributed by atoms with Crippen LogP contribution in [0.1, 0.15) is 35.2 Å². The molecule has 1 amide bonds. The molecule has 0 saturated carbocycles. The van der Waals surface area contributed by atoms with E-state index >= 15 is 0 Å². The van der Waals surface area contributed by atoms with E-state index in [2.05, 4.69) is 5.32 Å². The maximum absolute atomic E-state index is 12.9. The highest BCUT2D eigenvalue weighted by atomic mass is 32.2. The minimum Gasteiger partial charge on any atom is -0.352 e. The van der Waals surface area contributed by atoms with Gasteiger partial charge in [0, 0.05) is 24.4 Å². The van der Waals surface area contributed by atoms with Crippen molar-refractivity contribution in [3.05, 3.63) is 65.5 Å². The number of hydrogen-bond acceptors (Lipinski definition) is 4. The number of sulfonamides is 1. The Kier molecular flexibility index (Phi) is 7.55. The Morgan fingerprint density at radius 1 is 1.14 bits per heavy atom. The first-order valence-corrected chi connectivity index (χ1v) is 12.4. The number of thioether (sulfide) groups is 1. The predicted molar refractivity (Wildman–Crippen MR) is 116 cm³/mol. The molecule has 3 rings (SSSR count). The van der Waals surface area contributed by atoms with Crippen molar-refractivity contribution in [2.24, 2.45) is 0 Å². The lowest BCUT2D eigenvalue weighted by Crippen LogP contribution is -2.38. The molecule has 0 unspecified atom stereocenters. The highest BCUT2D eigenvalue weighted by Crippen LogP contribution is 2.24. The van der Waals surface area contributed by atoms with E-state index < -0.39 is 10.0 Å². The Balaban J connectivity index is 1.44. The van der Waals surface area contributed by atoms with Crippen molar-refractivity contribution in [2.45, 2.75) is 25.0 Å². The third kappa shape index (κ3) is 6.21. The fourth-order valence-electron chi connectivity index (χ4n) is 3.13. The lowest BCUT2D eigenvalue weighted by molar-refractivity contribution is 0.0954. The van der Waals surface area contributed by atoms with Crippen molar-refractivity contribution < 1.29 is 17.6 Å². The molecule has 1 aliphatic heterocycles. The fraction of sp³-hybridized carbons (Fsp3) is 0.381. The minimum atomic E-state index is -3.29. The lowest BCUT2D eigenvalue weighted by Gasteiger charge is -2.28. The second-order valence-corrected chi connectivity index (χ2v) is 10.1. The standard InChI is InChI=1S/C21H25FN2O3S2/c22-19-9-7-17(8-10-19)16-28-13-4-11-23-21(25)18-5-3-6-20(15-18)24-12-1-2-14-29(24,26)27/h3,5-10,15H,1-2,4,11-14,16H2,(H,23,25). The molecule has 0 radical (unpaired) electrons. The van der Waals surface area contributed by atoms with Gasteiger partial charge in [-0.2, -0.15) is 11.8 Å². The molecule has 2 aromatic rings. The Labute approximate surface area is 175 Å². The zero-order valence-electron chi connectivity index (χ0n) is 16.1. The first-order chi connectivity index (χ1) is 14.0. The molecule has 1 N–H and O–H groups in total. The summed E-state index contributed by atoms with van der Waals surface area (Å²) in [6.45, 7) is 1.00. The van der Waals surface area contributed by atoms with Crippen LogP contribution < -0.4 is 9.62 Å². The molecule has 1 aliphatic rings. The summed E-state index contributed by atoms with van der Waals surface area (Å²) in [7, 11) is -3.29. The summed E-state index contributed by atoms with van der Waals surface area (Å²) in [6, 6.07) is 13.2. The Hall–Kier alpha value is -2.06. The van der Waals surface area contributed by atoms with E-state index in [0.717, 1.165) is 29.9 Å². The van der Waals surface area contributed by atoms with Crippen LogP contribution in [0.5, 0.6) is 0 Å². The molecule has 0 bridgehead atoms. The predicted octanol–water partition coefficient (Wildman–Crippen LogP) is 3.81. The van der Waals surface area contributed by atoms with Gasteiger partial charge in [-0.3, -0.25) is 9.10 Å². The highest BCUT2D eigenvalue weighted by Gasteiger charge is 2.26. The summed E-state index contributed by atoms with van der Waals surface area (Å²) in [5.74, 6) is 1.40. The van der Waals surface area contributed by atoms with Gasteiger partial charge in [-0.1, -0.05) is 18.2 Å². The summed E-state index contributed by atoms with van der Waals surface area (Å²) >= 11 is 1.73. The molecule has 156 valence electrons. The van der Waals surface area contributed by atoms with Crippen molar-refractivity contribution in [3.63, 3.8) is 0 Å². The van der Waals surface area contributed by atoms with Crippen LogP contribution in [-0.4, -0.2) is 38.9 Å². The molecule has 0 spiro atoms. The number of benzene rings is 2. The highest BCUT2D eigenvalue weighted by molar-refractivity contribution is 7.98. The van der Waals surface area contributed by atoms with Crippen molar-refractivity contribution in [3.8, 4) is 0 Å². The fourth-order valence-corrected chi connectivity index (χ4v) is 5.68. The van der Waals surface area contributed by atoms with Crippen LogP contribution in [0.3, 0.4) is 0 Å². The van der Waals surface area contributed by atoms with Crippen LogP contribution in [0.25, 0.3) is 0 Å². The summed E-state index contributed by atoms with van der Waals surface area (Å²) < 4.78 is 38.8. The lowest BCUT2D eigenvalue weighted by atomic mass is 10.2. The second-order valence-electron chi connectivity index (χ2n) is 6.93. The molecule has 1 fully saturated rings. The van der Waals surface area contributed by atoms with E-state index in [1.165, 1.54) is 16.4 Å². The minimum absolute atomic E-state index is 0.152. The zero-order valence-corrected chi connectivity index (χ0v) is 17.8. The van der Waals surface area contributed by atoms with Crippen molar-refractivity contribution in [1.29, 1.82) is 0 Å². The number of anilines is 1. The van der Waals surface area contributed by atoms with Gasteiger partial charge in [0.1, 0.15) is 5.82 Å². The van der Waals surface area contributed by atoms with Gasteiger partial charge < -0.3 is 5.32 Å². The summed E-state index contributed by atoms with van der Waals surface area (Å²) in [5, 5.41) is 2.89. The summed E-state index contributed by atoms with van der Waals surface area (Å²) in [6.07, 6.45) is 2.32. The average Bonchev–Trinajstić information content (AvgIpc) is 2.71. The van der Waals surface area contributed by atoms with Crippen molar-refractivity contribution in [2.75, 3.05) is 28.9 Å². The number of nitrogens with one attached hydrogen (secondary N) is 1. The smallest absolute Gasteiger partial charge is 0.251 e. The van der Waals surface area contributed by atoms with Crippen molar-refractivity contribution >= 4 is 33.4 Å². The van der Waals surface area contributed by atoms with Gasteiger partial charge in [0.25, 0.3) is 5.91 Å². The van der Waals surface area contributed by atoms with Gasteiger partial charge in [0.15, 0.2) is 0 Å². The summed E-state index contributed by atoms with van der Waals surface area (Å²) in [4.78, 5) is 12.4. The number of nitrogens with zero attached hydrogens (tertiary/aromatic N) is 1. The number of halogens is 1. The van der Waals surface area contributed by atoms with Gasteiger partial charge in [-0.15, -0.1) is 0 Å². The zero-order chi connectivity index (χ0) is 20.7. The summed E-state index contributed by atoms with van der Waals surface area (Å²) in [5.41, 5.74) is 2.08. The third-order valence-electron chi connectivity index (χ3n) is 4.68. The van der Waals surface area contributed by atoms with Crippen molar-refractivity contribution in [1.82, 2.24) is 5.32 Å². The number of carbonyl (C=O) groups is 1. The first-order valence-electron chi connectivity index (χ1n) is 9.66. The molecular weight excluding hydrogens is 411 g/mol. The SMILES string of the molecule is O=C(NCCCSCc1ccc(F)cc1)c1cccc(N2CCCCS2(=O)=O)c1. The van der Waals surface area contributed by atoms with Gasteiger partial charge >= 0.3 is 0 Å². The van der Waals surface area contributed by atoms with E-state index in [4.69, 9.17) is 0 Å². The normalized spacial score (nSPS) is 15.8. The third-order valence-corrected chi connectivity index (χ3v) is 7.66. The molecule has 29 heavy (non-hydrogen) atoms. The second kappa shape index (κ2) is 10.1. The number of amides is 1. The van der Waals surface area contributed by atoms with E-state index in [0.29, 0.717) is 30.8 Å². The maximum Gasteiger partial charge on any atom is 0.251 e.